The van der Waals surface area contributed by atoms with Crippen molar-refractivity contribution in [3.63, 3.8) is 0 Å². The molecule has 1 aromatic rings. The highest BCUT2D eigenvalue weighted by Crippen LogP contribution is 2.38. The number of alkyl halides is 1. The quantitative estimate of drug-likeness (QED) is 0.607. The van der Waals surface area contributed by atoms with E-state index < -0.39 is 0 Å². The third kappa shape index (κ3) is 3.33. The third-order valence-electron chi connectivity index (χ3n) is 3.66. The molecule has 16 heavy (non-hydrogen) atoms. The molecule has 90 valence electrons. The van der Waals surface area contributed by atoms with Gasteiger partial charge in [-0.25, -0.2) is 0 Å². The van der Waals surface area contributed by atoms with Crippen LogP contribution in [-0.2, 0) is 6.42 Å². The zero-order chi connectivity index (χ0) is 11.5. The van der Waals surface area contributed by atoms with E-state index in [0.717, 1.165) is 16.7 Å². The van der Waals surface area contributed by atoms with Crippen LogP contribution in [0.5, 0.6) is 0 Å². The van der Waals surface area contributed by atoms with Gasteiger partial charge in [-0.3, -0.25) is 0 Å². The van der Waals surface area contributed by atoms with Gasteiger partial charge in [-0.05, 0) is 59.5 Å². The Balaban J connectivity index is 1.96. The summed E-state index contributed by atoms with van der Waals surface area (Å²) in [6.07, 6.45) is 6.78. The summed E-state index contributed by atoms with van der Waals surface area (Å²) >= 11 is 9.29. The maximum absolute atomic E-state index is 3.87. The number of halogens is 2. The Morgan fingerprint density at radius 1 is 1.44 bits per heavy atom. The van der Waals surface area contributed by atoms with Gasteiger partial charge in [0, 0.05) is 19.6 Å². The predicted molar refractivity (Wildman–Crippen MR) is 79.6 cm³/mol. The highest BCUT2D eigenvalue weighted by molar-refractivity contribution is 9.10. The Morgan fingerprint density at radius 3 is 2.88 bits per heavy atom. The maximum Gasteiger partial charge on any atom is 0.0285 e. The molecule has 0 saturated heterocycles. The van der Waals surface area contributed by atoms with Crippen molar-refractivity contribution in [3.05, 3.63) is 20.8 Å². The average molecular weight is 366 g/mol. The molecule has 0 amide bonds. The van der Waals surface area contributed by atoms with Crippen molar-refractivity contribution in [2.45, 2.75) is 43.9 Å². The minimum Gasteiger partial charge on any atom is -0.148 e. The van der Waals surface area contributed by atoms with E-state index in [9.17, 15) is 0 Å². The van der Waals surface area contributed by atoms with E-state index in [-0.39, 0.29) is 0 Å². The minimum absolute atomic E-state index is 0.733. The van der Waals surface area contributed by atoms with Crippen LogP contribution in [0, 0.1) is 11.8 Å². The molecule has 0 aliphatic heterocycles. The molecule has 0 N–H and O–H groups in total. The van der Waals surface area contributed by atoms with Gasteiger partial charge in [0.1, 0.15) is 0 Å². The van der Waals surface area contributed by atoms with Crippen LogP contribution in [-0.4, -0.2) is 4.83 Å². The van der Waals surface area contributed by atoms with Gasteiger partial charge in [0.2, 0.25) is 0 Å². The average Bonchev–Trinajstić information content (AvgIpc) is 2.67. The van der Waals surface area contributed by atoms with Crippen LogP contribution < -0.4 is 0 Å². The highest BCUT2D eigenvalue weighted by atomic mass is 79.9. The summed E-state index contributed by atoms with van der Waals surface area (Å²) in [5.74, 6) is 1.80. The lowest BCUT2D eigenvalue weighted by molar-refractivity contribution is 0.272. The monoisotopic (exact) mass is 364 g/mol. The molecule has 1 saturated carbocycles. The molecule has 0 aromatic carbocycles. The van der Waals surface area contributed by atoms with Crippen LogP contribution in [0.1, 0.15) is 37.5 Å². The normalized spacial score (nSPS) is 30.6. The van der Waals surface area contributed by atoms with E-state index in [4.69, 9.17) is 0 Å². The lowest BCUT2D eigenvalue weighted by Gasteiger charge is -2.32. The van der Waals surface area contributed by atoms with Gasteiger partial charge in [-0.2, -0.15) is 0 Å². The maximum atomic E-state index is 3.87. The zero-order valence-corrected chi connectivity index (χ0v) is 13.6. The Labute approximate surface area is 119 Å². The van der Waals surface area contributed by atoms with Crippen molar-refractivity contribution in [1.29, 1.82) is 0 Å². The van der Waals surface area contributed by atoms with Gasteiger partial charge in [0.15, 0.2) is 0 Å². The van der Waals surface area contributed by atoms with Crippen molar-refractivity contribution in [1.82, 2.24) is 0 Å². The summed E-state index contributed by atoms with van der Waals surface area (Å²) in [6.45, 7) is 2.33. The minimum atomic E-state index is 0.733. The van der Waals surface area contributed by atoms with Crippen LogP contribution in [0.4, 0.5) is 0 Å². The zero-order valence-electron chi connectivity index (χ0n) is 9.59. The molecule has 2 rings (SSSR count). The van der Waals surface area contributed by atoms with Crippen molar-refractivity contribution in [2.24, 2.45) is 11.8 Å². The first-order valence-corrected chi connectivity index (χ1v) is 8.64. The van der Waals surface area contributed by atoms with E-state index >= 15 is 0 Å². The molecule has 3 heteroatoms. The fourth-order valence-electron chi connectivity index (χ4n) is 2.63. The topological polar surface area (TPSA) is 0 Å². The highest BCUT2D eigenvalue weighted by Gasteiger charge is 2.28. The summed E-state index contributed by atoms with van der Waals surface area (Å²) in [5.41, 5.74) is 0. The molecule has 1 aromatic heterocycles. The molecular weight excluding hydrogens is 348 g/mol. The van der Waals surface area contributed by atoms with Crippen LogP contribution in [0.2, 0.25) is 0 Å². The molecule has 3 atom stereocenters. The predicted octanol–water partition coefficient (Wildman–Crippen LogP) is 5.64. The first-order chi connectivity index (χ1) is 7.69. The molecule has 0 nitrogen and oxygen atoms in total. The van der Waals surface area contributed by atoms with E-state index in [1.54, 1.807) is 0 Å². The Hall–Kier alpha value is 0.660. The van der Waals surface area contributed by atoms with Crippen molar-refractivity contribution in [2.75, 3.05) is 0 Å². The molecule has 0 bridgehead atoms. The smallest absolute Gasteiger partial charge is 0.0285 e. The van der Waals surface area contributed by atoms with Crippen LogP contribution >= 0.6 is 43.2 Å². The fraction of sp³-hybridized carbons (Fsp3) is 0.692. The second-order valence-electron chi connectivity index (χ2n) is 4.80. The standard InChI is InChI=1S/C13H18Br2S/c1-2-9-3-4-13(15)10(5-9)6-12-7-11(14)8-16-12/h7-10,13H,2-6H2,1H3. The molecule has 1 aliphatic carbocycles. The number of hydrogen-bond donors (Lipinski definition) is 0. The van der Waals surface area contributed by atoms with Gasteiger partial charge >= 0.3 is 0 Å². The van der Waals surface area contributed by atoms with Crippen LogP contribution in [0.25, 0.3) is 0 Å². The Kier molecular flexibility index (Phi) is 4.92. The Bertz CT molecular complexity index is 334. The van der Waals surface area contributed by atoms with Crippen molar-refractivity contribution < 1.29 is 0 Å². The first-order valence-electron chi connectivity index (χ1n) is 6.06. The molecular formula is C13H18Br2S. The molecule has 1 aliphatic rings. The second-order valence-corrected chi connectivity index (χ2v) is 7.89. The van der Waals surface area contributed by atoms with Crippen molar-refractivity contribution in [3.8, 4) is 0 Å². The number of hydrogen-bond acceptors (Lipinski definition) is 1. The largest absolute Gasteiger partial charge is 0.148 e. The fourth-order valence-corrected chi connectivity index (χ4v) is 4.84. The summed E-state index contributed by atoms with van der Waals surface area (Å²) in [5, 5.41) is 2.19. The van der Waals surface area contributed by atoms with Gasteiger partial charge in [0.05, 0.1) is 0 Å². The molecule has 0 radical (unpaired) electrons. The second kappa shape index (κ2) is 6.01. The van der Waals surface area contributed by atoms with Gasteiger partial charge in [0.25, 0.3) is 0 Å². The molecule has 1 heterocycles. The third-order valence-corrected chi connectivity index (χ3v) is 6.59. The molecule has 1 fully saturated rings. The van der Waals surface area contributed by atoms with Gasteiger partial charge < -0.3 is 0 Å². The van der Waals surface area contributed by atoms with Crippen molar-refractivity contribution >= 4 is 43.2 Å². The first kappa shape index (κ1) is 13.1. The Morgan fingerprint density at radius 2 is 2.25 bits per heavy atom. The summed E-state index contributed by atoms with van der Waals surface area (Å²) in [7, 11) is 0. The van der Waals surface area contributed by atoms with Gasteiger partial charge in [-0.1, -0.05) is 29.3 Å². The SMILES string of the molecule is CCC1CCC(Br)C(Cc2cc(Br)cs2)C1. The summed E-state index contributed by atoms with van der Waals surface area (Å²) in [6, 6.07) is 2.28. The lowest BCUT2D eigenvalue weighted by Crippen LogP contribution is -2.26. The number of thiophene rings is 1. The van der Waals surface area contributed by atoms with E-state index in [1.807, 2.05) is 11.3 Å². The van der Waals surface area contributed by atoms with E-state index in [0.29, 0.717) is 0 Å². The summed E-state index contributed by atoms with van der Waals surface area (Å²) < 4.78 is 1.24. The lowest BCUT2D eigenvalue weighted by atomic mass is 9.78. The number of rotatable bonds is 3. The van der Waals surface area contributed by atoms with E-state index in [1.165, 1.54) is 41.5 Å². The van der Waals surface area contributed by atoms with E-state index in [2.05, 4.69) is 50.2 Å². The van der Waals surface area contributed by atoms with Gasteiger partial charge in [-0.15, -0.1) is 11.3 Å². The van der Waals surface area contributed by atoms with Crippen LogP contribution in [0.15, 0.2) is 15.9 Å². The van der Waals surface area contributed by atoms with Crippen LogP contribution in [0.3, 0.4) is 0 Å². The summed E-state index contributed by atoms with van der Waals surface area (Å²) in [4.78, 5) is 2.26. The molecule has 0 spiro atoms. The molecule has 3 unspecified atom stereocenters.